The van der Waals surface area contributed by atoms with Gasteiger partial charge in [-0.3, -0.25) is 4.90 Å². The van der Waals surface area contributed by atoms with Crippen molar-refractivity contribution in [2.45, 2.75) is 38.5 Å². The van der Waals surface area contributed by atoms with Gasteiger partial charge in [0.2, 0.25) is 0 Å². The molecule has 2 saturated heterocycles. The number of nitrogens with zero attached hydrogens (tertiary/aromatic N) is 2. The summed E-state index contributed by atoms with van der Waals surface area (Å²) in [5.41, 5.74) is 0.785. The molecule has 0 saturated carbocycles. The third kappa shape index (κ3) is 5.67. The van der Waals surface area contributed by atoms with Crippen LogP contribution in [0, 0.1) is 0 Å². The lowest BCUT2D eigenvalue weighted by molar-refractivity contribution is -0.0466. The summed E-state index contributed by atoms with van der Waals surface area (Å²) in [6.07, 6.45) is -0.120. The quantitative estimate of drug-likeness (QED) is 0.783. The number of nitrogens with one attached hydrogen (secondary N) is 1. The van der Waals surface area contributed by atoms with E-state index in [2.05, 4.69) is 50.4 Å². The first-order valence-corrected chi connectivity index (χ1v) is 10.4. The molecule has 2 unspecified atom stereocenters. The molecule has 2 fully saturated rings. The molecule has 2 atom stereocenters. The molecule has 150 valence electrons. The number of carbonyl (C=O) groups excluding carboxylic acids is 1. The number of carbonyl (C=O) groups is 1. The fourth-order valence-electron chi connectivity index (χ4n) is 3.62. The highest BCUT2D eigenvalue weighted by molar-refractivity contribution is 9.10. The molecule has 1 N–H and O–H groups in total. The highest BCUT2D eigenvalue weighted by Gasteiger charge is 2.34. The molecule has 2 aliphatic heterocycles. The van der Waals surface area contributed by atoms with Gasteiger partial charge in [0.05, 0.1) is 18.8 Å². The Morgan fingerprint density at radius 1 is 1.22 bits per heavy atom. The largest absolute Gasteiger partial charge is 0.444 e. The molecular formula is C20H30BrN3O3. The Bertz CT molecular complexity index is 618. The van der Waals surface area contributed by atoms with Gasteiger partial charge >= 0.3 is 6.09 Å². The number of morpholine rings is 1. The van der Waals surface area contributed by atoms with Gasteiger partial charge in [-0.05, 0) is 38.5 Å². The standard InChI is InChI=1S/C20H30BrN3O3/c1-20(2,3)27-19(25)24-11-9-23(10-12-24)18(17-14-22-8-13-26-17)15-4-6-16(21)7-5-15/h4-7,17-18,22H,8-14H2,1-3H3. The maximum absolute atomic E-state index is 12.3. The van der Waals surface area contributed by atoms with E-state index in [1.165, 1.54) is 5.56 Å². The van der Waals surface area contributed by atoms with E-state index in [4.69, 9.17) is 9.47 Å². The third-order valence-electron chi connectivity index (χ3n) is 4.88. The van der Waals surface area contributed by atoms with Crippen molar-refractivity contribution < 1.29 is 14.3 Å². The van der Waals surface area contributed by atoms with E-state index in [-0.39, 0.29) is 18.2 Å². The van der Waals surface area contributed by atoms with E-state index in [9.17, 15) is 4.79 Å². The van der Waals surface area contributed by atoms with Crippen LogP contribution in [0.15, 0.2) is 28.7 Å². The van der Waals surface area contributed by atoms with Crippen LogP contribution in [0.5, 0.6) is 0 Å². The zero-order valence-corrected chi connectivity index (χ0v) is 18.0. The highest BCUT2D eigenvalue weighted by atomic mass is 79.9. The van der Waals surface area contributed by atoms with Crippen LogP contribution in [0.25, 0.3) is 0 Å². The third-order valence-corrected chi connectivity index (χ3v) is 5.41. The average molecular weight is 440 g/mol. The van der Waals surface area contributed by atoms with Gasteiger partial charge in [0.15, 0.2) is 0 Å². The Kier molecular flexibility index (Phi) is 6.78. The maximum Gasteiger partial charge on any atom is 0.410 e. The molecule has 0 aromatic heterocycles. The van der Waals surface area contributed by atoms with E-state index < -0.39 is 5.60 Å². The van der Waals surface area contributed by atoms with Crippen LogP contribution in [0.4, 0.5) is 4.79 Å². The molecule has 1 amide bonds. The molecule has 0 spiro atoms. The monoisotopic (exact) mass is 439 g/mol. The summed E-state index contributed by atoms with van der Waals surface area (Å²) >= 11 is 3.52. The van der Waals surface area contributed by atoms with Gasteiger partial charge in [-0.25, -0.2) is 4.79 Å². The van der Waals surface area contributed by atoms with Crippen molar-refractivity contribution in [3.05, 3.63) is 34.3 Å². The van der Waals surface area contributed by atoms with Crippen LogP contribution in [0.2, 0.25) is 0 Å². The molecule has 7 heteroatoms. The highest BCUT2D eigenvalue weighted by Crippen LogP contribution is 2.29. The molecule has 2 aliphatic rings. The minimum Gasteiger partial charge on any atom is -0.444 e. The van der Waals surface area contributed by atoms with Gasteiger partial charge in [0.25, 0.3) is 0 Å². The number of amides is 1. The number of halogens is 1. The Hall–Kier alpha value is -1.15. The van der Waals surface area contributed by atoms with Gasteiger partial charge in [0, 0.05) is 43.7 Å². The molecule has 6 nitrogen and oxygen atoms in total. The topological polar surface area (TPSA) is 54.0 Å². The van der Waals surface area contributed by atoms with Crippen LogP contribution in [0.3, 0.4) is 0 Å². The summed E-state index contributed by atoms with van der Waals surface area (Å²) in [5.74, 6) is 0. The molecule has 0 bridgehead atoms. The average Bonchev–Trinajstić information content (AvgIpc) is 2.64. The fourth-order valence-corrected chi connectivity index (χ4v) is 3.88. The number of benzene rings is 1. The predicted molar refractivity (Wildman–Crippen MR) is 109 cm³/mol. The summed E-state index contributed by atoms with van der Waals surface area (Å²) in [5, 5.41) is 3.44. The van der Waals surface area contributed by atoms with Crippen LogP contribution >= 0.6 is 15.9 Å². The molecule has 1 aromatic rings. The molecule has 1 aromatic carbocycles. The van der Waals surface area contributed by atoms with E-state index in [1.807, 2.05) is 20.8 Å². The van der Waals surface area contributed by atoms with Crippen LogP contribution in [0.1, 0.15) is 32.4 Å². The van der Waals surface area contributed by atoms with Crippen molar-refractivity contribution in [2.75, 3.05) is 45.9 Å². The van der Waals surface area contributed by atoms with Gasteiger partial charge in [0.1, 0.15) is 5.60 Å². The van der Waals surface area contributed by atoms with E-state index in [0.29, 0.717) is 13.1 Å². The number of ether oxygens (including phenoxy) is 2. The lowest BCUT2D eigenvalue weighted by Gasteiger charge is -2.43. The van der Waals surface area contributed by atoms with E-state index in [0.717, 1.165) is 37.3 Å². The first-order chi connectivity index (χ1) is 12.8. The Morgan fingerprint density at radius 3 is 2.44 bits per heavy atom. The van der Waals surface area contributed by atoms with Crippen molar-refractivity contribution in [3.8, 4) is 0 Å². The van der Waals surface area contributed by atoms with Gasteiger partial charge < -0.3 is 19.7 Å². The maximum atomic E-state index is 12.3. The fraction of sp³-hybridized carbons (Fsp3) is 0.650. The van der Waals surface area contributed by atoms with Crippen molar-refractivity contribution >= 4 is 22.0 Å². The molecule has 3 rings (SSSR count). The van der Waals surface area contributed by atoms with Crippen molar-refractivity contribution in [2.24, 2.45) is 0 Å². The number of hydrogen-bond acceptors (Lipinski definition) is 5. The van der Waals surface area contributed by atoms with Crippen LogP contribution in [-0.4, -0.2) is 73.5 Å². The number of piperazine rings is 1. The Morgan fingerprint density at radius 2 is 1.89 bits per heavy atom. The summed E-state index contributed by atoms with van der Waals surface area (Å²) < 4.78 is 12.7. The van der Waals surface area contributed by atoms with Crippen molar-refractivity contribution in [1.82, 2.24) is 15.1 Å². The minimum atomic E-state index is -0.463. The SMILES string of the molecule is CC(C)(C)OC(=O)N1CCN(C(c2ccc(Br)cc2)C2CNCCO2)CC1. The number of rotatable bonds is 3. The van der Waals surface area contributed by atoms with Gasteiger partial charge in [-0.1, -0.05) is 28.1 Å². The molecule has 27 heavy (non-hydrogen) atoms. The Balaban J connectivity index is 1.69. The van der Waals surface area contributed by atoms with Crippen molar-refractivity contribution in [1.29, 1.82) is 0 Å². The van der Waals surface area contributed by atoms with Gasteiger partial charge in [-0.15, -0.1) is 0 Å². The van der Waals surface area contributed by atoms with Crippen molar-refractivity contribution in [3.63, 3.8) is 0 Å². The Labute approximate surface area is 170 Å². The first kappa shape index (κ1) is 20.6. The second kappa shape index (κ2) is 8.90. The first-order valence-electron chi connectivity index (χ1n) is 9.63. The van der Waals surface area contributed by atoms with E-state index >= 15 is 0 Å². The lowest BCUT2D eigenvalue weighted by atomic mass is 9.98. The van der Waals surface area contributed by atoms with Gasteiger partial charge in [-0.2, -0.15) is 0 Å². The predicted octanol–water partition coefficient (Wildman–Crippen LogP) is 3.03. The summed E-state index contributed by atoms with van der Waals surface area (Å²) in [4.78, 5) is 16.6. The zero-order valence-electron chi connectivity index (χ0n) is 16.4. The lowest BCUT2D eigenvalue weighted by Crippen LogP contribution is -2.54. The smallest absolute Gasteiger partial charge is 0.410 e. The zero-order chi connectivity index (χ0) is 19.4. The summed E-state index contributed by atoms with van der Waals surface area (Å²) in [7, 11) is 0. The minimum absolute atomic E-state index is 0.105. The number of hydrogen-bond donors (Lipinski definition) is 1. The molecular weight excluding hydrogens is 410 g/mol. The summed E-state index contributed by atoms with van der Waals surface area (Å²) in [6.45, 7) is 11.1. The molecule has 0 radical (unpaired) electrons. The second-order valence-corrected chi connectivity index (χ2v) is 9.03. The van der Waals surface area contributed by atoms with Crippen LogP contribution < -0.4 is 5.32 Å². The molecule has 2 heterocycles. The molecule has 0 aliphatic carbocycles. The van der Waals surface area contributed by atoms with E-state index in [1.54, 1.807) is 4.90 Å². The van der Waals surface area contributed by atoms with Crippen LogP contribution in [-0.2, 0) is 9.47 Å². The normalized spacial score (nSPS) is 23.1. The second-order valence-electron chi connectivity index (χ2n) is 8.11. The summed E-state index contributed by atoms with van der Waals surface area (Å²) in [6, 6.07) is 8.65.